The molecule has 0 saturated carbocycles. The first-order valence-electron chi connectivity index (χ1n) is 7.38. The van der Waals surface area contributed by atoms with Crippen molar-refractivity contribution in [2.45, 2.75) is 32.7 Å². The zero-order chi connectivity index (χ0) is 15.1. The van der Waals surface area contributed by atoms with Crippen LogP contribution < -0.4 is 11.1 Å². The van der Waals surface area contributed by atoms with Crippen molar-refractivity contribution in [3.8, 4) is 0 Å². The van der Waals surface area contributed by atoms with Gasteiger partial charge >= 0.3 is 0 Å². The predicted octanol–water partition coefficient (Wildman–Crippen LogP) is 3.28. The lowest BCUT2D eigenvalue weighted by Gasteiger charge is -2.10. The highest BCUT2D eigenvalue weighted by Crippen LogP contribution is 2.17. The SMILES string of the molecule is CCCc1ccccc1NC(=O)Cc1ccc(CN)cc1. The van der Waals surface area contributed by atoms with Crippen molar-refractivity contribution in [1.82, 2.24) is 0 Å². The van der Waals surface area contributed by atoms with Crippen LogP contribution in [0.15, 0.2) is 48.5 Å². The monoisotopic (exact) mass is 282 g/mol. The molecule has 0 radical (unpaired) electrons. The number of benzene rings is 2. The minimum atomic E-state index is 0.0130. The lowest BCUT2D eigenvalue weighted by atomic mass is 10.1. The summed E-state index contributed by atoms with van der Waals surface area (Å²) in [6.45, 7) is 2.66. The second-order valence-electron chi connectivity index (χ2n) is 5.15. The van der Waals surface area contributed by atoms with Gasteiger partial charge in [-0.25, -0.2) is 0 Å². The molecule has 0 aliphatic heterocycles. The molecule has 3 nitrogen and oxygen atoms in total. The summed E-state index contributed by atoms with van der Waals surface area (Å²) in [7, 11) is 0. The van der Waals surface area contributed by atoms with Gasteiger partial charge in [-0.2, -0.15) is 0 Å². The Morgan fingerprint density at radius 2 is 1.71 bits per heavy atom. The van der Waals surface area contributed by atoms with Crippen molar-refractivity contribution in [1.29, 1.82) is 0 Å². The zero-order valence-corrected chi connectivity index (χ0v) is 12.4. The maximum Gasteiger partial charge on any atom is 0.228 e. The number of carbonyl (C=O) groups excluding carboxylic acids is 1. The summed E-state index contributed by atoms with van der Waals surface area (Å²) < 4.78 is 0. The van der Waals surface area contributed by atoms with Crippen molar-refractivity contribution >= 4 is 11.6 Å². The summed E-state index contributed by atoms with van der Waals surface area (Å²) in [5, 5.41) is 3.01. The number of para-hydroxylation sites is 1. The molecule has 0 aliphatic carbocycles. The third kappa shape index (κ3) is 4.43. The van der Waals surface area contributed by atoms with Crippen LogP contribution in [-0.4, -0.2) is 5.91 Å². The van der Waals surface area contributed by atoms with Gasteiger partial charge in [0.25, 0.3) is 0 Å². The maximum absolute atomic E-state index is 12.2. The Hall–Kier alpha value is -2.13. The number of nitrogens with two attached hydrogens (primary N) is 1. The van der Waals surface area contributed by atoms with E-state index >= 15 is 0 Å². The molecule has 110 valence electrons. The Morgan fingerprint density at radius 3 is 2.38 bits per heavy atom. The third-order valence-corrected chi connectivity index (χ3v) is 3.43. The number of amides is 1. The number of nitrogens with one attached hydrogen (secondary N) is 1. The quantitative estimate of drug-likeness (QED) is 0.854. The van der Waals surface area contributed by atoms with Gasteiger partial charge in [-0.3, -0.25) is 4.79 Å². The van der Waals surface area contributed by atoms with Crippen LogP contribution in [0.25, 0.3) is 0 Å². The predicted molar refractivity (Wildman–Crippen MR) is 87.1 cm³/mol. The van der Waals surface area contributed by atoms with E-state index in [4.69, 9.17) is 5.73 Å². The summed E-state index contributed by atoms with van der Waals surface area (Å²) in [6.07, 6.45) is 2.42. The molecule has 0 spiro atoms. The van der Waals surface area contributed by atoms with Crippen molar-refractivity contribution in [3.63, 3.8) is 0 Å². The van der Waals surface area contributed by atoms with Crippen LogP contribution in [0.2, 0.25) is 0 Å². The van der Waals surface area contributed by atoms with Gasteiger partial charge in [0.1, 0.15) is 0 Å². The molecule has 0 unspecified atom stereocenters. The first kappa shape index (κ1) is 15.3. The van der Waals surface area contributed by atoms with E-state index in [0.717, 1.165) is 29.7 Å². The molecule has 0 bridgehead atoms. The molecule has 0 atom stereocenters. The van der Waals surface area contributed by atoms with Crippen LogP contribution in [0.5, 0.6) is 0 Å². The van der Waals surface area contributed by atoms with E-state index < -0.39 is 0 Å². The number of rotatable bonds is 6. The zero-order valence-electron chi connectivity index (χ0n) is 12.4. The van der Waals surface area contributed by atoms with Crippen LogP contribution in [0.1, 0.15) is 30.0 Å². The average molecular weight is 282 g/mol. The molecule has 0 heterocycles. The van der Waals surface area contributed by atoms with E-state index in [1.807, 2.05) is 42.5 Å². The smallest absolute Gasteiger partial charge is 0.228 e. The highest BCUT2D eigenvalue weighted by molar-refractivity contribution is 5.93. The van der Waals surface area contributed by atoms with E-state index in [-0.39, 0.29) is 5.91 Å². The van der Waals surface area contributed by atoms with Crippen LogP contribution >= 0.6 is 0 Å². The van der Waals surface area contributed by atoms with Crippen LogP contribution in [0, 0.1) is 0 Å². The molecule has 0 saturated heterocycles. The fraction of sp³-hybridized carbons (Fsp3) is 0.278. The molecule has 0 aromatic heterocycles. The Labute approximate surface area is 126 Å². The fourth-order valence-corrected chi connectivity index (χ4v) is 2.30. The van der Waals surface area contributed by atoms with Crippen molar-refractivity contribution in [3.05, 3.63) is 65.2 Å². The van der Waals surface area contributed by atoms with Crippen LogP contribution in [0.4, 0.5) is 5.69 Å². The molecular weight excluding hydrogens is 260 g/mol. The first-order chi connectivity index (χ1) is 10.2. The van der Waals surface area contributed by atoms with Crippen molar-refractivity contribution in [2.24, 2.45) is 5.73 Å². The largest absolute Gasteiger partial charge is 0.326 e. The molecule has 21 heavy (non-hydrogen) atoms. The Bertz CT molecular complexity index is 590. The fourth-order valence-electron chi connectivity index (χ4n) is 2.30. The van der Waals surface area contributed by atoms with E-state index in [0.29, 0.717) is 13.0 Å². The molecule has 0 aliphatic rings. The molecule has 2 aromatic carbocycles. The summed E-state index contributed by atoms with van der Waals surface area (Å²) in [4.78, 5) is 12.2. The first-order valence-corrected chi connectivity index (χ1v) is 7.38. The minimum absolute atomic E-state index is 0.0130. The second-order valence-corrected chi connectivity index (χ2v) is 5.15. The van der Waals surface area contributed by atoms with Gasteiger partial charge in [0.15, 0.2) is 0 Å². The van der Waals surface area contributed by atoms with Crippen LogP contribution in [0.3, 0.4) is 0 Å². The molecule has 1 amide bonds. The number of hydrogen-bond acceptors (Lipinski definition) is 2. The summed E-state index contributed by atoms with van der Waals surface area (Å²) in [5.74, 6) is 0.0130. The number of anilines is 1. The topological polar surface area (TPSA) is 55.1 Å². The maximum atomic E-state index is 12.2. The molecular formula is C18H22N2O. The van der Waals surface area contributed by atoms with Crippen LogP contribution in [-0.2, 0) is 24.2 Å². The van der Waals surface area contributed by atoms with E-state index in [1.165, 1.54) is 5.56 Å². The average Bonchev–Trinajstić information content (AvgIpc) is 2.50. The van der Waals surface area contributed by atoms with Gasteiger partial charge < -0.3 is 11.1 Å². The lowest BCUT2D eigenvalue weighted by Crippen LogP contribution is -2.15. The second kappa shape index (κ2) is 7.60. The van der Waals surface area contributed by atoms with Gasteiger partial charge in [-0.1, -0.05) is 55.8 Å². The van der Waals surface area contributed by atoms with Crippen molar-refractivity contribution < 1.29 is 4.79 Å². The summed E-state index contributed by atoms with van der Waals surface area (Å²) >= 11 is 0. The Morgan fingerprint density at radius 1 is 1.05 bits per heavy atom. The summed E-state index contributed by atoms with van der Waals surface area (Å²) in [6, 6.07) is 15.8. The standard InChI is InChI=1S/C18H22N2O/c1-2-5-16-6-3-4-7-17(16)20-18(21)12-14-8-10-15(13-19)11-9-14/h3-4,6-11H,2,5,12-13,19H2,1H3,(H,20,21). The number of carbonyl (C=O) groups is 1. The Balaban J connectivity index is 2.01. The van der Waals surface area contributed by atoms with E-state index in [2.05, 4.69) is 18.3 Å². The van der Waals surface area contributed by atoms with Gasteiger partial charge in [-0.15, -0.1) is 0 Å². The highest BCUT2D eigenvalue weighted by atomic mass is 16.1. The third-order valence-electron chi connectivity index (χ3n) is 3.43. The van der Waals surface area contributed by atoms with Gasteiger partial charge in [0.05, 0.1) is 6.42 Å². The highest BCUT2D eigenvalue weighted by Gasteiger charge is 2.07. The minimum Gasteiger partial charge on any atom is -0.326 e. The van der Waals surface area contributed by atoms with Crippen molar-refractivity contribution in [2.75, 3.05) is 5.32 Å². The number of hydrogen-bond donors (Lipinski definition) is 2. The molecule has 3 heteroatoms. The van der Waals surface area contributed by atoms with E-state index in [9.17, 15) is 4.79 Å². The summed E-state index contributed by atoms with van der Waals surface area (Å²) in [5.41, 5.74) is 9.75. The van der Waals surface area contributed by atoms with Gasteiger partial charge in [0.2, 0.25) is 5.91 Å². The normalized spacial score (nSPS) is 10.4. The van der Waals surface area contributed by atoms with Gasteiger partial charge in [0, 0.05) is 12.2 Å². The molecule has 2 rings (SSSR count). The Kier molecular flexibility index (Phi) is 5.52. The van der Waals surface area contributed by atoms with Gasteiger partial charge in [-0.05, 0) is 29.2 Å². The molecule has 3 N–H and O–H groups in total. The number of aryl methyl sites for hydroxylation is 1. The lowest BCUT2D eigenvalue weighted by molar-refractivity contribution is -0.115. The molecule has 2 aromatic rings. The van der Waals surface area contributed by atoms with E-state index in [1.54, 1.807) is 0 Å². The molecule has 0 fully saturated rings.